The Balaban J connectivity index is 1.76. The van der Waals surface area contributed by atoms with Gasteiger partial charge in [0.25, 0.3) is 5.91 Å². The summed E-state index contributed by atoms with van der Waals surface area (Å²) < 4.78 is 13.5. The van der Waals surface area contributed by atoms with Crippen LogP contribution in [0.25, 0.3) is 22.3 Å². The van der Waals surface area contributed by atoms with Crippen LogP contribution in [0.15, 0.2) is 48.5 Å². The molecule has 2 aromatic heterocycles. The molecule has 8 heteroatoms. The smallest absolute Gasteiger partial charge is 0.256 e. The first-order chi connectivity index (χ1) is 12.6. The predicted octanol–water partition coefficient (Wildman–Crippen LogP) is 3.11. The Kier molecular flexibility index (Phi) is 3.85. The van der Waals surface area contributed by atoms with Gasteiger partial charge in [0.2, 0.25) is 5.82 Å². The SMILES string of the molecule is Cc1cc(C(=O)Nc2ccccc2-c2nn[nH]n2)c2ccc(F)cc2n1. The van der Waals surface area contributed by atoms with Gasteiger partial charge >= 0.3 is 0 Å². The zero-order chi connectivity index (χ0) is 18.1. The number of hydrogen-bond acceptors (Lipinski definition) is 5. The van der Waals surface area contributed by atoms with Gasteiger partial charge in [-0.3, -0.25) is 9.78 Å². The average Bonchev–Trinajstić information content (AvgIpc) is 3.15. The summed E-state index contributed by atoms with van der Waals surface area (Å²) in [5, 5.41) is 17.3. The van der Waals surface area contributed by atoms with Crippen LogP contribution in [0.4, 0.5) is 10.1 Å². The Morgan fingerprint density at radius 3 is 2.81 bits per heavy atom. The summed E-state index contributed by atoms with van der Waals surface area (Å²) in [4.78, 5) is 17.2. The number of carbonyl (C=O) groups excluding carboxylic acids is 1. The van der Waals surface area contributed by atoms with Crippen LogP contribution in [0.1, 0.15) is 16.1 Å². The van der Waals surface area contributed by atoms with Crippen molar-refractivity contribution in [3.05, 3.63) is 65.6 Å². The molecule has 2 N–H and O–H groups in total. The molecule has 2 heterocycles. The van der Waals surface area contributed by atoms with Gasteiger partial charge in [0.15, 0.2) is 0 Å². The normalized spacial score (nSPS) is 10.8. The standard InChI is InChI=1S/C18H13FN6O/c1-10-8-14(12-7-6-11(19)9-16(12)20-10)18(26)21-15-5-3-2-4-13(15)17-22-24-25-23-17/h2-9H,1H3,(H,21,26)(H,22,23,24,25). The lowest BCUT2D eigenvalue weighted by Gasteiger charge is -2.11. The molecule has 0 unspecified atom stereocenters. The quantitative estimate of drug-likeness (QED) is 0.593. The summed E-state index contributed by atoms with van der Waals surface area (Å²) in [5.74, 6) is -0.355. The maximum Gasteiger partial charge on any atom is 0.256 e. The Morgan fingerprint density at radius 1 is 1.15 bits per heavy atom. The maximum atomic E-state index is 13.5. The molecular formula is C18H13FN6O. The third-order valence-electron chi connectivity index (χ3n) is 3.91. The van der Waals surface area contributed by atoms with Crippen molar-refractivity contribution in [1.29, 1.82) is 0 Å². The number of halogens is 1. The minimum Gasteiger partial charge on any atom is -0.321 e. The van der Waals surface area contributed by atoms with Crippen LogP contribution in [-0.4, -0.2) is 31.5 Å². The first-order valence-electron chi connectivity index (χ1n) is 7.83. The molecule has 1 amide bonds. The second-order valence-corrected chi connectivity index (χ2v) is 5.71. The second-order valence-electron chi connectivity index (χ2n) is 5.71. The monoisotopic (exact) mass is 348 g/mol. The number of H-pyrrole nitrogens is 1. The van der Waals surface area contributed by atoms with Gasteiger partial charge in [-0.2, -0.15) is 5.21 Å². The highest BCUT2D eigenvalue weighted by Crippen LogP contribution is 2.26. The topological polar surface area (TPSA) is 96.5 Å². The molecular weight excluding hydrogens is 335 g/mol. The molecule has 0 saturated carbocycles. The molecule has 4 rings (SSSR count). The highest BCUT2D eigenvalue weighted by atomic mass is 19.1. The highest BCUT2D eigenvalue weighted by molar-refractivity contribution is 6.13. The molecule has 0 atom stereocenters. The molecule has 0 bridgehead atoms. The average molecular weight is 348 g/mol. The molecule has 4 aromatic rings. The van der Waals surface area contributed by atoms with Crippen LogP contribution >= 0.6 is 0 Å². The Bertz CT molecular complexity index is 1100. The van der Waals surface area contributed by atoms with Crippen molar-refractivity contribution >= 4 is 22.5 Å². The summed E-state index contributed by atoms with van der Waals surface area (Å²) in [6.45, 7) is 1.76. The minimum absolute atomic E-state index is 0.331. The predicted molar refractivity (Wildman–Crippen MR) is 94.0 cm³/mol. The number of carbonyl (C=O) groups is 1. The number of para-hydroxylation sites is 1. The van der Waals surface area contributed by atoms with Gasteiger partial charge in [-0.05, 0) is 42.5 Å². The van der Waals surface area contributed by atoms with Crippen LogP contribution in [0, 0.1) is 12.7 Å². The second kappa shape index (κ2) is 6.32. The number of aryl methyl sites for hydroxylation is 1. The van der Waals surface area contributed by atoms with E-state index in [4.69, 9.17) is 0 Å². The van der Waals surface area contributed by atoms with Gasteiger partial charge in [0, 0.05) is 22.7 Å². The van der Waals surface area contributed by atoms with E-state index >= 15 is 0 Å². The third-order valence-corrected chi connectivity index (χ3v) is 3.91. The fraction of sp³-hybridized carbons (Fsp3) is 0.0556. The number of aromatic nitrogens is 5. The molecule has 7 nitrogen and oxygen atoms in total. The number of rotatable bonds is 3. The summed E-state index contributed by atoms with van der Waals surface area (Å²) in [6, 6.07) is 13.0. The lowest BCUT2D eigenvalue weighted by Crippen LogP contribution is -2.14. The van der Waals surface area contributed by atoms with E-state index in [0.717, 1.165) is 0 Å². The van der Waals surface area contributed by atoms with Crippen LogP contribution in [0.3, 0.4) is 0 Å². The van der Waals surface area contributed by atoms with Gasteiger partial charge < -0.3 is 5.32 Å². The van der Waals surface area contributed by atoms with Crippen molar-refractivity contribution < 1.29 is 9.18 Å². The van der Waals surface area contributed by atoms with E-state index in [1.54, 1.807) is 37.3 Å². The number of amides is 1. The van der Waals surface area contributed by atoms with Gasteiger partial charge in [-0.15, -0.1) is 10.2 Å². The van der Waals surface area contributed by atoms with Gasteiger partial charge in [-0.1, -0.05) is 12.1 Å². The fourth-order valence-corrected chi connectivity index (χ4v) is 2.77. The van der Waals surface area contributed by atoms with Crippen molar-refractivity contribution in [2.24, 2.45) is 0 Å². The number of pyridine rings is 1. The number of tetrazole rings is 1. The fourth-order valence-electron chi connectivity index (χ4n) is 2.77. The number of aromatic amines is 1. The van der Waals surface area contributed by atoms with E-state index in [-0.39, 0.29) is 5.91 Å². The third kappa shape index (κ3) is 2.88. The first-order valence-corrected chi connectivity index (χ1v) is 7.83. The lowest BCUT2D eigenvalue weighted by molar-refractivity contribution is 0.102. The Labute approximate surface area is 147 Å². The molecule has 128 valence electrons. The molecule has 0 aliphatic heterocycles. The van der Waals surface area contributed by atoms with Gasteiger partial charge in [0.1, 0.15) is 5.82 Å². The van der Waals surface area contributed by atoms with Crippen molar-refractivity contribution in [3.8, 4) is 11.4 Å². The van der Waals surface area contributed by atoms with E-state index in [9.17, 15) is 9.18 Å². The van der Waals surface area contributed by atoms with Gasteiger partial charge in [-0.25, -0.2) is 4.39 Å². The molecule has 0 spiro atoms. The largest absolute Gasteiger partial charge is 0.321 e. The molecule has 0 aliphatic rings. The summed E-state index contributed by atoms with van der Waals surface area (Å²) in [7, 11) is 0. The summed E-state index contributed by atoms with van der Waals surface area (Å²) in [5.41, 5.74) is 2.65. The molecule has 2 aromatic carbocycles. The van der Waals surface area contributed by atoms with E-state index in [1.807, 2.05) is 6.07 Å². The molecule has 0 saturated heterocycles. The van der Waals surface area contributed by atoms with Crippen LogP contribution in [-0.2, 0) is 0 Å². The summed E-state index contributed by atoms with van der Waals surface area (Å²) >= 11 is 0. The van der Waals surface area contributed by atoms with Crippen molar-refractivity contribution in [2.75, 3.05) is 5.32 Å². The summed E-state index contributed by atoms with van der Waals surface area (Å²) in [6.07, 6.45) is 0. The maximum absolute atomic E-state index is 13.5. The first kappa shape index (κ1) is 15.8. The van der Waals surface area contributed by atoms with Crippen molar-refractivity contribution in [2.45, 2.75) is 6.92 Å². The number of nitrogens with zero attached hydrogens (tertiary/aromatic N) is 4. The van der Waals surface area contributed by atoms with Crippen molar-refractivity contribution in [3.63, 3.8) is 0 Å². The number of fused-ring (bicyclic) bond motifs is 1. The number of anilines is 1. The van der Waals surface area contributed by atoms with E-state index in [2.05, 4.69) is 30.9 Å². The van der Waals surface area contributed by atoms with E-state index in [0.29, 0.717) is 39.2 Å². The van der Waals surface area contributed by atoms with Crippen LogP contribution in [0.5, 0.6) is 0 Å². The Morgan fingerprint density at radius 2 is 2.00 bits per heavy atom. The number of nitrogens with one attached hydrogen (secondary N) is 2. The molecule has 0 radical (unpaired) electrons. The minimum atomic E-state index is -0.399. The molecule has 0 fully saturated rings. The lowest BCUT2D eigenvalue weighted by atomic mass is 10.1. The van der Waals surface area contributed by atoms with E-state index < -0.39 is 5.82 Å². The van der Waals surface area contributed by atoms with Crippen LogP contribution in [0.2, 0.25) is 0 Å². The zero-order valence-corrected chi connectivity index (χ0v) is 13.7. The number of benzene rings is 2. The highest BCUT2D eigenvalue weighted by Gasteiger charge is 2.16. The Hall–Kier alpha value is -3.68. The number of hydrogen-bond donors (Lipinski definition) is 2. The molecule has 0 aliphatic carbocycles. The van der Waals surface area contributed by atoms with Crippen molar-refractivity contribution in [1.82, 2.24) is 25.6 Å². The van der Waals surface area contributed by atoms with Crippen LogP contribution < -0.4 is 5.32 Å². The van der Waals surface area contributed by atoms with Gasteiger partial charge in [0.05, 0.1) is 16.8 Å². The molecule has 26 heavy (non-hydrogen) atoms. The van der Waals surface area contributed by atoms with E-state index in [1.165, 1.54) is 12.1 Å². The zero-order valence-electron chi connectivity index (χ0n) is 13.7.